The molecule has 9 heteroatoms. The summed E-state index contributed by atoms with van der Waals surface area (Å²) < 4.78 is 32.4. The van der Waals surface area contributed by atoms with Crippen LogP contribution in [0.5, 0.6) is 5.75 Å². The molecule has 0 bridgehead atoms. The van der Waals surface area contributed by atoms with Gasteiger partial charge in [-0.15, -0.1) is 0 Å². The molecule has 3 rings (SSSR count). The highest BCUT2D eigenvalue weighted by Crippen LogP contribution is 2.26. The van der Waals surface area contributed by atoms with Crippen LogP contribution in [0.1, 0.15) is 18.4 Å². The number of rotatable bonds is 6. The van der Waals surface area contributed by atoms with Crippen molar-refractivity contribution in [2.24, 2.45) is 0 Å². The van der Waals surface area contributed by atoms with E-state index in [0.717, 1.165) is 5.56 Å². The van der Waals surface area contributed by atoms with Gasteiger partial charge in [-0.2, -0.15) is 4.31 Å². The third kappa shape index (κ3) is 4.98. The molecule has 1 aliphatic rings. The Hall–Kier alpha value is -2.91. The van der Waals surface area contributed by atoms with Crippen molar-refractivity contribution in [3.05, 3.63) is 54.1 Å². The second kappa shape index (κ2) is 9.27. The van der Waals surface area contributed by atoms with Gasteiger partial charge in [-0.3, -0.25) is 9.59 Å². The smallest absolute Gasteiger partial charge is 0.313 e. The maximum Gasteiger partial charge on any atom is 0.313 e. The average molecular weight is 432 g/mol. The van der Waals surface area contributed by atoms with Gasteiger partial charge < -0.3 is 15.4 Å². The largest absolute Gasteiger partial charge is 0.497 e. The Morgan fingerprint density at radius 2 is 1.87 bits per heavy atom. The predicted molar refractivity (Wildman–Crippen MR) is 113 cm³/mol. The lowest BCUT2D eigenvalue weighted by Gasteiger charge is -2.24. The van der Waals surface area contributed by atoms with E-state index in [4.69, 9.17) is 4.74 Å². The van der Waals surface area contributed by atoms with Crippen LogP contribution in [0.4, 0.5) is 5.69 Å². The number of hydrogen-bond donors (Lipinski definition) is 2. The number of carbonyl (C=O) groups is 2. The van der Waals surface area contributed by atoms with Crippen LogP contribution in [0.3, 0.4) is 0 Å². The highest BCUT2D eigenvalue weighted by molar-refractivity contribution is 7.89. The summed E-state index contributed by atoms with van der Waals surface area (Å²) in [4.78, 5) is 24.6. The molecule has 30 heavy (non-hydrogen) atoms. The third-order valence-corrected chi connectivity index (χ3v) is 6.95. The Bertz CT molecular complexity index is 1020. The maximum absolute atomic E-state index is 13.0. The fraction of sp³-hybridized carbons (Fsp3) is 0.333. The minimum atomic E-state index is -3.66. The molecule has 1 unspecified atom stereocenters. The average Bonchev–Trinajstić information content (AvgIpc) is 3.22. The van der Waals surface area contributed by atoms with Crippen molar-refractivity contribution in [3.8, 4) is 5.75 Å². The van der Waals surface area contributed by atoms with Crippen LogP contribution in [-0.4, -0.2) is 50.8 Å². The van der Waals surface area contributed by atoms with Crippen LogP contribution in [0.2, 0.25) is 0 Å². The van der Waals surface area contributed by atoms with Crippen LogP contribution in [-0.2, 0) is 19.6 Å². The van der Waals surface area contributed by atoms with Gasteiger partial charge in [0.15, 0.2) is 0 Å². The number of sulfonamides is 1. The summed E-state index contributed by atoms with van der Waals surface area (Å²) >= 11 is 0. The lowest BCUT2D eigenvalue weighted by atomic mass is 10.2. The van der Waals surface area contributed by atoms with Gasteiger partial charge in [0.25, 0.3) is 0 Å². The monoisotopic (exact) mass is 431 g/mol. The van der Waals surface area contributed by atoms with E-state index >= 15 is 0 Å². The zero-order valence-electron chi connectivity index (χ0n) is 16.9. The quantitative estimate of drug-likeness (QED) is 0.680. The number of anilines is 1. The van der Waals surface area contributed by atoms with Crippen molar-refractivity contribution in [1.82, 2.24) is 9.62 Å². The van der Waals surface area contributed by atoms with Gasteiger partial charge in [0, 0.05) is 30.9 Å². The lowest BCUT2D eigenvalue weighted by Crippen LogP contribution is -2.45. The van der Waals surface area contributed by atoms with Crippen LogP contribution in [0.25, 0.3) is 0 Å². The molecule has 8 nitrogen and oxygen atoms in total. The van der Waals surface area contributed by atoms with Crippen molar-refractivity contribution in [2.75, 3.05) is 25.5 Å². The molecular formula is C21H25N3O5S. The topological polar surface area (TPSA) is 105 Å². The van der Waals surface area contributed by atoms with E-state index in [1.54, 1.807) is 48.5 Å². The molecule has 1 heterocycles. The number of nitrogens with one attached hydrogen (secondary N) is 2. The van der Waals surface area contributed by atoms with E-state index in [0.29, 0.717) is 30.8 Å². The van der Waals surface area contributed by atoms with E-state index in [9.17, 15) is 18.0 Å². The first-order valence-electron chi connectivity index (χ1n) is 9.63. The second-order valence-corrected chi connectivity index (χ2v) is 9.01. The van der Waals surface area contributed by atoms with Crippen LogP contribution in [0, 0.1) is 6.92 Å². The summed E-state index contributed by atoms with van der Waals surface area (Å²) in [6, 6.07) is 12.9. The van der Waals surface area contributed by atoms with Gasteiger partial charge in [0.05, 0.1) is 12.0 Å². The van der Waals surface area contributed by atoms with E-state index in [1.807, 2.05) is 6.92 Å². The molecule has 0 radical (unpaired) electrons. The number of aryl methyl sites for hydroxylation is 1. The maximum atomic E-state index is 13.0. The first-order chi connectivity index (χ1) is 14.3. The normalized spacial score (nSPS) is 16.8. The summed E-state index contributed by atoms with van der Waals surface area (Å²) in [7, 11) is -2.16. The van der Waals surface area contributed by atoms with Crippen molar-refractivity contribution < 1.29 is 22.7 Å². The standard InChI is InChI=1S/C21H25N3O5S/c1-15-8-10-19(11-9-15)30(27,28)24-12-4-6-17(24)14-22-20(25)21(26)23-16-5-3-7-18(13-16)29-2/h3,5,7-11,13,17H,4,6,12,14H2,1-2H3,(H,22,25)(H,23,26). The van der Waals surface area contributed by atoms with E-state index in [2.05, 4.69) is 10.6 Å². The van der Waals surface area contributed by atoms with E-state index in [1.165, 1.54) is 11.4 Å². The predicted octanol–water partition coefficient (Wildman–Crippen LogP) is 1.91. The Morgan fingerprint density at radius 1 is 1.13 bits per heavy atom. The zero-order valence-corrected chi connectivity index (χ0v) is 17.7. The first-order valence-corrected chi connectivity index (χ1v) is 11.1. The summed E-state index contributed by atoms with van der Waals surface area (Å²) in [6.45, 7) is 2.34. The lowest BCUT2D eigenvalue weighted by molar-refractivity contribution is -0.136. The Kier molecular flexibility index (Phi) is 6.73. The van der Waals surface area contributed by atoms with Gasteiger partial charge in [0.2, 0.25) is 10.0 Å². The molecule has 0 aromatic heterocycles. The summed E-state index contributed by atoms with van der Waals surface area (Å²) in [5.74, 6) is -1.09. The number of methoxy groups -OCH3 is 1. The number of carbonyl (C=O) groups excluding carboxylic acids is 2. The van der Waals surface area contributed by atoms with Crippen molar-refractivity contribution >= 4 is 27.5 Å². The Morgan fingerprint density at radius 3 is 2.57 bits per heavy atom. The minimum absolute atomic E-state index is 0.0649. The second-order valence-electron chi connectivity index (χ2n) is 7.12. The fourth-order valence-electron chi connectivity index (χ4n) is 3.35. The SMILES string of the molecule is COc1cccc(NC(=O)C(=O)NCC2CCCN2S(=O)(=O)c2ccc(C)cc2)c1. The van der Waals surface area contributed by atoms with Gasteiger partial charge >= 0.3 is 11.8 Å². The van der Waals surface area contributed by atoms with E-state index in [-0.39, 0.29) is 11.4 Å². The van der Waals surface area contributed by atoms with Gasteiger partial charge in [-0.1, -0.05) is 23.8 Å². The number of hydrogen-bond acceptors (Lipinski definition) is 5. The molecule has 0 spiro atoms. The third-order valence-electron chi connectivity index (χ3n) is 4.98. The molecular weight excluding hydrogens is 406 g/mol. The summed E-state index contributed by atoms with van der Waals surface area (Å²) in [5, 5.41) is 5.05. The van der Waals surface area contributed by atoms with Crippen LogP contribution >= 0.6 is 0 Å². The number of amides is 2. The molecule has 0 saturated carbocycles. The summed E-state index contributed by atoms with van der Waals surface area (Å²) in [5.41, 5.74) is 1.40. The van der Waals surface area contributed by atoms with Crippen molar-refractivity contribution in [3.63, 3.8) is 0 Å². The molecule has 2 aromatic rings. The Balaban J connectivity index is 1.60. The highest BCUT2D eigenvalue weighted by Gasteiger charge is 2.35. The molecule has 2 N–H and O–H groups in total. The number of benzene rings is 2. The molecule has 2 amide bonds. The first kappa shape index (κ1) is 21.8. The zero-order chi connectivity index (χ0) is 21.7. The molecule has 1 atom stereocenters. The van der Waals surface area contributed by atoms with Gasteiger partial charge in [-0.25, -0.2) is 8.42 Å². The van der Waals surface area contributed by atoms with Crippen molar-refractivity contribution in [2.45, 2.75) is 30.7 Å². The Labute approximate surface area is 176 Å². The molecule has 1 aliphatic heterocycles. The number of nitrogens with zero attached hydrogens (tertiary/aromatic N) is 1. The summed E-state index contributed by atoms with van der Waals surface area (Å²) in [6.07, 6.45) is 1.31. The molecule has 1 saturated heterocycles. The van der Waals surface area contributed by atoms with E-state index < -0.39 is 27.9 Å². The molecule has 2 aromatic carbocycles. The van der Waals surface area contributed by atoms with Gasteiger partial charge in [-0.05, 0) is 44.0 Å². The molecule has 160 valence electrons. The minimum Gasteiger partial charge on any atom is -0.497 e. The van der Waals surface area contributed by atoms with Crippen molar-refractivity contribution in [1.29, 1.82) is 0 Å². The fourth-order valence-corrected chi connectivity index (χ4v) is 5.05. The van der Waals surface area contributed by atoms with Crippen LogP contribution in [0.15, 0.2) is 53.4 Å². The van der Waals surface area contributed by atoms with Gasteiger partial charge in [0.1, 0.15) is 5.75 Å². The molecule has 1 fully saturated rings. The molecule has 0 aliphatic carbocycles. The highest BCUT2D eigenvalue weighted by atomic mass is 32.2. The number of ether oxygens (including phenoxy) is 1. The van der Waals surface area contributed by atoms with Crippen LogP contribution < -0.4 is 15.4 Å².